The summed E-state index contributed by atoms with van der Waals surface area (Å²) in [6.45, 7) is 0.217. The van der Waals surface area contributed by atoms with Crippen LogP contribution in [0.4, 0.5) is 5.69 Å². The molecule has 5 nitrogen and oxygen atoms in total. The molecule has 104 valence electrons. The van der Waals surface area contributed by atoms with Crippen molar-refractivity contribution in [2.45, 2.75) is 13.2 Å². The van der Waals surface area contributed by atoms with E-state index in [-0.39, 0.29) is 30.2 Å². The number of aromatic carboxylic acids is 1. The van der Waals surface area contributed by atoms with Crippen molar-refractivity contribution in [2.24, 2.45) is 0 Å². The lowest BCUT2D eigenvalue weighted by Crippen LogP contribution is -2.07. The van der Waals surface area contributed by atoms with E-state index in [4.69, 9.17) is 20.7 Å². The van der Waals surface area contributed by atoms with Crippen molar-refractivity contribution in [3.63, 3.8) is 0 Å². The highest BCUT2D eigenvalue weighted by molar-refractivity contribution is 5.96. The number of carbonyl (C=O) groups is 1. The maximum Gasteiger partial charge on any atom is 0.341 e. The molecule has 0 amide bonds. The average molecular weight is 273 g/mol. The van der Waals surface area contributed by atoms with E-state index in [0.29, 0.717) is 0 Å². The minimum Gasteiger partial charge on any atom is -0.488 e. The molecule has 0 heterocycles. The Bertz CT molecular complexity index is 608. The minimum absolute atomic E-state index is 0.0144. The number of anilines is 1. The molecule has 0 aromatic heterocycles. The maximum atomic E-state index is 11.1. The van der Waals surface area contributed by atoms with Gasteiger partial charge in [-0.1, -0.05) is 30.3 Å². The molecule has 2 aromatic carbocycles. The van der Waals surface area contributed by atoms with Gasteiger partial charge in [-0.2, -0.15) is 0 Å². The predicted octanol–water partition coefficient (Wildman–Crippen LogP) is 2.04. The minimum atomic E-state index is -1.12. The van der Waals surface area contributed by atoms with Crippen molar-refractivity contribution in [1.82, 2.24) is 0 Å². The van der Waals surface area contributed by atoms with Crippen LogP contribution in [0.3, 0.4) is 0 Å². The van der Waals surface area contributed by atoms with Crippen LogP contribution < -0.4 is 10.5 Å². The van der Waals surface area contributed by atoms with E-state index in [1.807, 2.05) is 12.1 Å². The van der Waals surface area contributed by atoms with Crippen LogP contribution >= 0.6 is 0 Å². The van der Waals surface area contributed by atoms with E-state index in [9.17, 15) is 4.79 Å². The Labute approximate surface area is 116 Å². The summed E-state index contributed by atoms with van der Waals surface area (Å²) in [7, 11) is 0. The zero-order valence-corrected chi connectivity index (χ0v) is 10.7. The number of aliphatic hydroxyl groups excluding tert-OH is 1. The van der Waals surface area contributed by atoms with Crippen LogP contribution in [0.15, 0.2) is 42.5 Å². The Balaban J connectivity index is 2.14. The second-order valence-electron chi connectivity index (χ2n) is 4.29. The molecular weight excluding hydrogens is 258 g/mol. The lowest BCUT2D eigenvalue weighted by Gasteiger charge is -2.11. The fourth-order valence-electron chi connectivity index (χ4n) is 1.80. The summed E-state index contributed by atoms with van der Waals surface area (Å²) in [4.78, 5) is 11.1. The molecule has 0 aliphatic carbocycles. The van der Waals surface area contributed by atoms with Gasteiger partial charge in [0, 0.05) is 5.69 Å². The third kappa shape index (κ3) is 3.07. The maximum absolute atomic E-state index is 11.1. The van der Waals surface area contributed by atoms with E-state index in [0.717, 1.165) is 11.1 Å². The second-order valence-corrected chi connectivity index (χ2v) is 4.29. The summed E-state index contributed by atoms with van der Waals surface area (Å²) < 4.78 is 5.52. The third-order valence-corrected chi connectivity index (χ3v) is 2.87. The number of hydrogen-bond donors (Lipinski definition) is 3. The van der Waals surface area contributed by atoms with Crippen molar-refractivity contribution in [3.8, 4) is 5.75 Å². The number of nitrogens with two attached hydrogens (primary N) is 1. The number of carboxylic acid groups (broad SMARTS) is 1. The number of hydrogen-bond acceptors (Lipinski definition) is 4. The zero-order chi connectivity index (χ0) is 14.5. The molecule has 0 radical (unpaired) electrons. The first-order valence-electron chi connectivity index (χ1n) is 6.05. The molecule has 20 heavy (non-hydrogen) atoms. The molecule has 0 unspecified atom stereocenters. The van der Waals surface area contributed by atoms with Gasteiger partial charge in [0.2, 0.25) is 0 Å². The van der Waals surface area contributed by atoms with Crippen LogP contribution in [0.5, 0.6) is 5.75 Å². The molecule has 0 spiro atoms. The van der Waals surface area contributed by atoms with E-state index in [2.05, 4.69) is 0 Å². The first-order chi connectivity index (χ1) is 9.61. The molecule has 0 atom stereocenters. The topological polar surface area (TPSA) is 92.8 Å². The zero-order valence-electron chi connectivity index (χ0n) is 10.7. The van der Waals surface area contributed by atoms with Crippen molar-refractivity contribution in [2.75, 3.05) is 5.73 Å². The smallest absolute Gasteiger partial charge is 0.341 e. The molecule has 5 heteroatoms. The molecule has 4 N–H and O–H groups in total. The monoisotopic (exact) mass is 273 g/mol. The highest BCUT2D eigenvalue weighted by Crippen LogP contribution is 2.25. The van der Waals surface area contributed by atoms with Gasteiger partial charge in [-0.05, 0) is 23.3 Å². The third-order valence-electron chi connectivity index (χ3n) is 2.87. The van der Waals surface area contributed by atoms with Crippen molar-refractivity contribution in [3.05, 3.63) is 59.2 Å². The number of aliphatic hydroxyl groups is 1. The van der Waals surface area contributed by atoms with E-state index >= 15 is 0 Å². The molecule has 0 aliphatic heterocycles. The summed E-state index contributed by atoms with van der Waals surface area (Å²) in [6, 6.07) is 11.9. The van der Waals surface area contributed by atoms with Crippen LogP contribution in [-0.4, -0.2) is 16.2 Å². The van der Waals surface area contributed by atoms with Gasteiger partial charge in [0.05, 0.1) is 6.61 Å². The highest BCUT2D eigenvalue weighted by atomic mass is 16.5. The molecular formula is C15H15NO4. The molecule has 0 saturated carbocycles. The normalized spacial score (nSPS) is 10.2. The van der Waals surface area contributed by atoms with Gasteiger partial charge in [0.25, 0.3) is 0 Å². The first-order valence-corrected chi connectivity index (χ1v) is 6.05. The first kappa shape index (κ1) is 13.9. The fourth-order valence-corrected chi connectivity index (χ4v) is 1.80. The van der Waals surface area contributed by atoms with Gasteiger partial charge < -0.3 is 20.7 Å². The Morgan fingerprint density at radius 3 is 2.35 bits per heavy atom. The largest absolute Gasteiger partial charge is 0.488 e. The number of benzene rings is 2. The van der Waals surface area contributed by atoms with Crippen molar-refractivity contribution in [1.29, 1.82) is 0 Å². The van der Waals surface area contributed by atoms with Crippen molar-refractivity contribution < 1.29 is 19.7 Å². The molecule has 0 fully saturated rings. The fraction of sp³-hybridized carbons (Fsp3) is 0.133. The van der Waals surface area contributed by atoms with Gasteiger partial charge >= 0.3 is 5.97 Å². The van der Waals surface area contributed by atoms with Crippen LogP contribution in [0.2, 0.25) is 0 Å². The van der Waals surface area contributed by atoms with E-state index in [1.165, 1.54) is 6.07 Å². The lowest BCUT2D eigenvalue weighted by atomic mass is 10.1. The molecule has 0 aliphatic rings. The highest BCUT2D eigenvalue weighted by Gasteiger charge is 2.14. The Kier molecular flexibility index (Phi) is 4.22. The summed E-state index contributed by atoms with van der Waals surface area (Å²) in [6.07, 6.45) is 0. The summed E-state index contributed by atoms with van der Waals surface area (Å²) in [5.74, 6) is -0.877. The number of carboxylic acids is 1. The summed E-state index contributed by atoms with van der Waals surface area (Å²) >= 11 is 0. The summed E-state index contributed by atoms with van der Waals surface area (Å²) in [5.41, 5.74) is 7.47. The van der Waals surface area contributed by atoms with Crippen LogP contribution in [-0.2, 0) is 13.2 Å². The van der Waals surface area contributed by atoms with Gasteiger partial charge in [-0.3, -0.25) is 0 Å². The summed E-state index contributed by atoms with van der Waals surface area (Å²) in [5, 5.41) is 18.1. The van der Waals surface area contributed by atoms with Gasteiger partial charge in [-0.25, -0.2) is 4.79 Å². The molecule has 0 saturated heterocycles. The predicted molar refractivity (Wildman–Crippen MR) is 74.5 cm³/mol. The van der Waals surface area contributed by atoms with Gasteiger partial charge in [0.1, 0.15) is 17.9 Å². The number of rotatable bonds is 5. The lowest BCUT2D eigenvalue weighted by molar-refractivity contribution is 0.0693. The molecule has 0 bridgehead atoms. The second kappa shape index (κ2) is 6.08. The Morgan fingerprint density at radius 2 is 1.75 bits per heavy atom. The molecule has 2 rings (SSSR count). The average Bonchev–Trinajstić information content (AvgIpc) is 2.45. The Morgan fingerprint density at radius 1 is 1.10 bits per heavy atom. The quantitative estimate of drug-likeness (QED) is 0.725. The standard InChI is InChI=1S/C15H15NO4/c16-12-2-1-3-13(14(12)15(18)19)20-9-11-6-4-10(8-17)5-7-11/h1-7,17H,8-9,16H2,(H,18,19). The van der Waals surface area contributed by atoms with E-state index in [1.54, 1.807) is 24.3 Å². The van der Waals surface area contributed by atoms with E-state index < -0.39 is 5.97 Å². The van der Waals surface area contributed by atoms with Gasteiger partial charge in [-0.15, -0.1) is 0 Å². The Hall–Kier alpha value is -2.53. The molecule has 2 aromatic rings. The SMILES string of the molecule is Nc1cccc(OCc2ccc(CO)cc2)c1C(=O)O. The van der Waals surface area contributed by atoms with Crippen LogP contribution in [0, 0.1) is 0 Å². The number of ether oxygens (including phenoxy) is 1. The van der Waals surface area contributed by atoms with Crippen LogP contribution in [0.1, 0.15) is 21.5 Å². The van der Waals surface area contributed by atoms with Crippen LogP contribution in [0.25, 0.3) is 0 Å². The van der Waals surface area contributed by atoms with Gasteiger partial charge in [0.15, 0.2) is 0 Å². The number of nitrogen functional groups attached to an aromatic ring is 1. The van der Waals surface area contributed by atoms with Crippen molar-refractivity contribution >= 4 is 11.7 Å².